The highest BCUT2D eigenvalue weighted by Gasteiger charge is 2.22. The molecule has 0 aliphatic rings. The summed E-state index contributed by atoms with van der Waals surface area (Å²) >= 11 is 0. The van der Waals surface area contributed by atoms with Crippen LogP contribution in [0.4, 0.5) is 4.79 Å². The van der Waals surface area contributed by atoms with Gasteiger partial charge >= 0.3 is 12.0 Å². The van der Waals surface area contributed by atoms with Crippen LogP contribution < -0.4 is 20.1 Å². The lowest BCUT2D eigenvalue weighted by Gasteiger charge is -2.14. The summed E-state index contributed by atoms with van der Waals surface area (Å²) in [5.41, 5.74) is 0.144. The topological polar surface area (TPSA) is 103 Å². The van der Waals surface area contributed by atoms with Crippen LogP contribution >= 0.6 is 0 Å². The molecule has 126 valence electrons. The number of rotatable bonds is 6. The van der Waals surface area contributed by atoms with Gasteiger partial charge in [0.05, 0.1) is 14.2 Å². The van der Waals surface area contributed by atoms with Crippen LogP contribution in [0.15, 0.2) is 18.2 Å². The zero-order chi connectivity index (χ0) is 17.4. The van der Waals surface area contributed by atoms with E-state index in [9.17, 15) is 14.4 Å². The van der Waals surface area contributed by atoms with Crippen LogP contribution in [-0.2, 0) is 9.53 Å². The van der Waals surface area contributed by atoms with Crippen molar-refractivity contribution in [2.24, 2.45) is 0 Å². The molecule has 0 heterocycles. The van der Waals surface area contributed by atoms with Crippen molar-refractivity contribution in [1.82, 2.24) is 10.6 Å². The molecule has 0 fully saturated rings. The number of imide groups is 1. The van der Waals surface area contributed by atoms with E-state index in [-0.39, 0.29) is 11.3 Å². The van der Waals surface area contributed by atoms with Gasteiger partial charge in [-0.15, -0.1) is 0 Å². The molecule has 0 aliphatic carbocycles. The predicted octanol–water partition coefficient (Wildman–Crippen LogP) is 1.09. The molecule has 0 aromatic heterocycles. The first-order chi connectivity index (χ1) is 10.9. The summed E-state index contributed by atoms with van der Waals surface area (Å²) in [6, 6.07) is 3.91. The Labute approximate surface area is 134 Å². The maximum Gasteiger partial charge on any atom is 0.342 e. The first-order valence-electron chi connectivity index (χ1n) is 6.94. The number of esters is 1. The summed E-state index contributed by atoms with van der Waals surface area (Å²) in [7, 11) is 2.89. The van der Waals surface area contributed by atoms with Crippen LogP contribution in [0.5, 0.6) is 11.5 Å². The number of hydrogen-bond donors (Lipinski definition) is 2. The number of urea groups is 1. The van der Waals surface area contributed by atoms with Gasteiger partial charge in [0, 0.05) is 12.6 Å². The molecule has 0 saturated heterocycles. The molecule has 8 heteroatoms. The smallest absolute Gasteiger partial charge is 0.342 e. The van der Waals surface area contributed by atoms with Crippen molar-refractivity contribution in [2.75, 3.05) is 20.8 Å². The van der Waals surface area contributed by atoms with Crippen molar-refractivity contribution in [2.45, 2.75) is 20.0 Å². The number of methoxy groups -OCH3 is 2. The molecular weight excluding hydrogens is 304 g/mol. The van der Waals surface area contributed by atoms with E-state index < -0.39 is 24.0 Å². The van der Waals surface area contributed by atoms with E-state index in [4.69, 9.17) is 14.2 Å². The van der Waals surface area contributed by atoms with E-state index in [1.54, 1.807) is 13.0 Å². The molecule has 0 spiro atoms. The average Bonchev–Trinajstić information content (AvgIpc) is 2.53. The Balaban J connectivity index is 2.75. The molecular formula is C15H20N2O6. The molecule has 0 radical (unpaired) electrons. The van der Waals surface area contributed by atoms with Gasteiger partial charge in [0.15, 0.2) is 6.10 Å². The number of carbonyl (C=O) groups is 3. The third-order valence-electron chi connectivity index (χ3n) is 2.86. The first kappa shape index (κ1) is 18.3. The van der Waals surface area contributed by atoms with Crippen LogP contribution in [0, 0.1) is 0 Å². The Kier molecular flexibility index (Phi) is 6.85. The largest absolute Gasteiger partial charge is 0.497 e. The van der Waals surface area contributed by atoms with Crippen molar-refractivity contribution in [3.8, 4) is 11.5 Å². The standard InChI is InChI=1S/C15H20N2O6/c1-5-16-15(20)17-13(18)9(2)23-14(19)11-7-6-10(21-3)8-12(11)22-4/h6-9H,5H2,1-4H3,(H2,16,17,18,20)/t9-/m0/s1. The fourth-order valence-corrected chi connectivity index (χ4v) is 1.66. The molecule has 1 aromatic rings. The van der Waals surface area contributed by atoms with E-state index in [0.29, 0.717) is 12.3 Å². The molecule has 8 nitrogen and oxygen atoms in total. The Hall–Kier alpha value is -2.77. The Morgan fingerprint density at radius 3 is 2.43 bits per heavy atom. The van der Waals surface area contributed by atoms with Crippen LogP contribution in [0.25, 0.3) is 0 Å². The minimum Gasteiger partial charge on any atom is -0.497 e. The Bertz CT molecular complexity index is 587. The lowest BCUT2D eigenvalue weighted by molar-refractivity contribution is -0.127. The predicted molar refractivity (Wildman–Crippen MR) is 81.6 cm³/mol. The van der Waals surface area contributed by atoms with Gasteiger partial charge in [-0.3, -0.25) is 10.1 Å². The molecule has 1 atom stereocenters. The monoisotopic (exact) mass is 324 g/mol. The van der Waals surface area contributed by atoms with Gasteiger partial charge in [-0.1, -0.05) is 0 Å². The SMILES string of the molecule is CCNC(=O)NC(=O)[C@H](C)OC(=O)c1ccc(OC)cc1OC. The number of ether oxygens (including phenoxy) is 3. The van der Waals surface area contributed by atoms with Crippen molar-refractivity contribution in [3.05, 3.63) is 23.8 Å². The molecule has 2 N–H and O–H groups in total. The fourth-order valence-electron chi connectivity index (χ4n) is 1.66. The van der Waals surface area contributed by atoms with Gasteiger partial charge in [-0.05, 0) is 26.0 Å². The number of amides is 3. The highest BCUT2D eigenvalue weighted by atomic mass is 16.5. The van der Waals surface area contributed by atoms with Gasteiger partial charge < -0.3 is 19.5 Å². The summed E-state index contributed by atoms with van der Waals surface area (Å²) in [4.78, 5) is 35.1. The summed E-state index contributed by atoms with van der Waals surface area (Å²) in [5, 5.41) is 4.47. The minimum atomic E-state index is -1.14. The number of nitrogens with one attached hydrogen (secondary N) is 2. The Morgan fingerprint density at radius 1 is 1.17 bits per heavy atom. The van der Waals surface area contributed by atoms with Crippen molar-refractivity contribution in [3.63, 3.8) is 0 Å². The molecule has 0 saturated carbocycles. The Morgan fingerprint density at radius 2 is 1.87 bits per heavy atom. The second kappa shape index (κ2) is 8.62. The third-order valence-corrected chi connectivity index (χ3v) is 2.86. The number of benzene rings is 1. The first-order valence-corrected chi connectivity index (χ1v) is 6.94. The summed E-state index contributed by atoms with van der Waals surface area (Å²) in [5.74, 6) is -0.703. The van der Waals surface area contributed by atoms with E-state index in [1.165, 1.54) is 33.3 Å². The normalized spacial score (nSPS) is 11.1. The average molecular weight is 324 g/mol. The molecule has 23 heavy (non-hydrogen) atoms. The van der Waals surface area contributed by atoms with E-state index in [0.717, 1.165) is 0 Å². The van der Waals surface area contributed by atoms with Crippen LogP contribution in [0.1, 0.15) is 24.2 Å². The quantitative estimate of drug-likeness (QED) is 0.760. The lowest BCUT2D eigenvalue weighted by atomic mass is 10.2. The van der Waals surface area contributed by atoms with Gasteiger partial charge in [-0.25, -0.2) is 9.59 Å². The summed E-state index contributed by atoms with van der Waals surface area (Å²) in [6.07, 6.45) is -1.14. The summed E-state index contributed by atoms with van der Waals surface area (Å²) < 4.78 is 15.2. The fraction of sp³-hybridized carbons (Fsp3) is 0.400. The third kappa shape index (κ3) is 5.17. The number of carbonyl (C=O) groups excluding carboxylic acids is 3. The van der Waals surface area contributed by atoms with Gasteiger partial charge in [0.25, 0.3) is 5.91 Å². The second-order valence-electron chi connectivity index (χ2n) is 4.46. The maximum absolute atomic E-state index is 12.1. The zero-order valence-electron chi connectivity index (χ0n) is 13.5. The van der Waals surface area contributed by atoms with Crippen molar-refractivity contribution in [1.29, 1.82) is 0 Å². The van der Waals surface area contributed by atoms with Crippen LogP contribution in [0.2, 0.25) is 0 Å². The van der Waals surface area contributed by atoms with Crippen LogP contribution in [-0.4, -0.2) is 44.8 Å². The van der Waals surface area contributed by atoms with Crippen molar-refractivity contribution >= 4 is 17.9 Å². The highest BCUT2D eigenvalue weighted by molar-refractivity contribution is 5.99. The van der Waals surface area contributed by atoms with E-state index >= 15 is 0 Å². The lowest BCUT2D eigenvalue weighted by Crippen LogP contribution is -2.44. The van der Waals surface area contributed by atoms with Crippen molar-refractivity contribution < 1.29 is 28.6 Å². The summed E-state index contributed by atoms with van der Waals surface area (Å²) in [6.45, 7) is 3.45. The molecule has 3 amide bonds. The molecule has 0 aliphatic heterocycles. The zero-order valence-corrected chi connectivity index (χ0v) is 13.5. The molecule has 1 aromatic carbocycles. The number of hydrogen-bond acceptors (Lipinski definition) is 6. The molecule has 1 rings (SSSR count). The maximum atomic E-state index is 12.1. The van der Waals surface area contributed by atoms with Gasteiger partial charge in [-0.2, -0.15) is 0 Å². The minimum absolute atomic E-state index is 0.144. The molecule has 0 bridgehead atoms. The van der Waals surface area contributed by atoms with E-state index in [1.807, 2.05) is 0 Å². The second-order valence-corrected chi connectivity index (χ2v) is 4.46. The van der Waals surface area contributed by atoms with Gasteiger partial charge in [0.1, 0.15) is 17.1 Å². The van der Waals surface area contributed by atoms with Crippen LogP contribution in [0.3, 0.4) is 0 Å². The van der Waals surface area contributed by atoms with E-state index in [2.05, 4.69) is 10.6 Å². The van der Waals surface area contributed by atoms with Gasteiger partial charge in [0.2, 0.25) is 0 Å². The highest BCUT2D eigenvalue weighted by Crippen LogP contribution is 2.25. The molecule has 0 unspecified atom stereocenters.